The van der Waals surface area contributed by atoms with Gasteiger partial charge < -0.3 is 24.8 Å². The predicted molar refractivity (Wildman–Crippen MR) is 148 cm³/mol. The maximum absolute atomic E-state index is 13.7. The van der Waals surface area contributed by atoms with Gasteiger partial charge in [-0.3, -0.25) is 4.79 Å². The molecule has 0 saturated carbocycles. The summed E-state index contributed by atoms with van der Waals surface area (Å²) in [6.07, 6.45) is 0. The second-order valence-electron chi connectivity index (χ2n) is 10.1. The van der Waals surface area contributed by atoms with Crippen LogP contribution in [0.2, 0.25) is 0 Å². The summed E-state index contributed by atoms with van der Waals surface area (Å²) in [7, 11) is 1.62. The Morgan fingerprint density at radius 2 is 1.61 bits per heavy atom. The van der Waals surface area contributed by atoms with E-state index in [1.807, 2.05) is 74.2 Å². The SMILES string of the molecule is COc1ccc(NC(C)(C)C(=O)N2CCn3c(nc(-c4ccc(F)cc4)c3Nc3ccc(C)cc3)C2)cc1. The summed E-state index contributed by atoms with van der Waals surface area (Å²) in [5.74, 6) is 2.06. The second-order valence-corrected chi connectivity index (χ2v) is 10.1. The molecule has 8 heteroatoms. The monoisotopic (exact) mass is 513 g/mol. The van der Waals surface area contributed by atoms with Crippen molar-refractivity contribution in [2.45, 2.75) is 39.4 Å². The number of nitrogens with one attached hydrogen (secondary N) is 2. The third kappa shape index (κ3) is 5.20. The van der Waals surface area contributed by atoms with E-state index >= 15 is 0 Å². The van der Waals surface area contributed by atoms with Gasteiger partial charge in [0.1, 0.15) is 34.4 Å². The second kappa shape index (κ2) is 10.2. The molecule has 3 aromatic carbocycles. The van der Waals surface area contributed by atoms with Crippen LogP contribution < -0.4 is 15.4 Å². The van der Waals surface area contributed by atoms with Gasteiger partial charge in [0.2, 0.25) is 5.91 Å². The normalized spacial score (nSPS) is 13.1. The van der Waals surface area contributed by atoms with Gasteiger partial charge in [-0.1, -0.05) is 17.7 Å². The number of carbonyl (C=O) groups excluding carboxylic acids is 1. The lowest BCUT2D eigenvalue weighted by Crippen LogP contribution is -2.52. The van der Waals surface area contributed by atoms with E-state index in [0.717, 1.165) is 40.0 Å². The Bertz CT molecular complexity index is 1430. The van der Waals surface area contributed by atoms with Gasteiger partial charge in [-0.25, -0.2) is 9.37 Å². The molecule has 0 unspecified atom stereocenters. The van der Waals surface area contributed by atoms with Gasteiger partial charge in [0, 0.05) is 30.0 Å². The van der Waals surface area contributed by atoms with Crippen molar-refractivity contribution in [2.24, 2.45) is 0 Å². The number of carbonyl (C=O) groups is 1. The Morgan fingerprint density at radius 3 is 2.26 bits per heavy atom. The zero-order valence-electron chi connectivity index (χ0n) is 22.1. The number of nitrogens with zero attached hydrogens (tertiary/aromatic N) is 3. The van der Waals surface area contributed by atoms with E-state index in [0.29, 0.717) is 19.6 Å². The number of hydrogen-bond donors (Lipinski definition) is 2. The van der Waals surface area contributed by atoms with Crippen molar-refractivity contribution in [1.82, 2.24) is 14.5 Å². The van der Waals surface area contributed by atoms with Crippen molar-refractivity contribution in [3.8, 4) is 17.0 Å². The van der Waals surface area contributed by atoms with Gasteiger partial charge in [-0.15, -0.1) is 0 Å². The van der Waals surface area contributed by atoms with E-state index in [2.05, 4.69) is 15.2 Å². The molecular weight excluding hydrogens is 481 g/mol. The van der Waals surface area contributed by atoms with Crippen LogP contribution in [0.5, 0.6) is 5.75 Å². The van der Waals surface area contributed by atoms with Crippen LogP contribution in [-0.4, -0.2) is 39.6 Å². The Morgan fingerprint density at radius 1 is 0.947 bits per heavy atom. The van der Waals surface area contributed by atoms with E-state index in [1.165, 1.54) is 17.7 Å². The van der Waals surface area contributed by atoms with Crippen molar-refractivity contribution in [1.29, 1.82) is 0 Å². The number of amides is 1. The molecule has 0 fully saturated rings. The minimum Gasteiger partial charge on any atom is -0.497 e. The number of fused-ring (bicyclic) bond motifs is 1. The molecule has 0 bridgehead atoms. The lowest BCUT2D eigenvalue weighted by Gasteiger charge is -2.35. The molecule has 0 atom stereocenters. The van der Waals surface area contributed by atoms with Gasteiger partial charge in [0.15, 0.2) is 0 Å². The smallest absolute Gasteiger partial charge is 0.248 e. The number of methoxy groups -OCH3 is 1. The predicted octanol–water partition coefficient (Wildman–Crippen LogP) is 5.98. The fourth-order valence-electron chi connectivity index (χ4n) is 4.70. The van der Waals surface area contributed by atoms with E-state index < -0.39 is 5.54 Å². The Hall–Kier alpha value is -4.33. The summed E-state index contributed by atoms with van der Waals surface area (Å²) in [5.41, 5.74) is 3.65. The first-order valence-corrected chi connectivity index (χ1v) is 12.6. The van der Waals surface area contributed by atoms with Crippen molar-refractivity contribution < 1.29 is 13.9 Å². The maximum Gasteiger partial charge on any atom is 0.248 e. The number of aromatic nitrogens is 2. The summed E-state index contributed by atoms with van der Waals surface area (Å²) in [6.45, 7) is 7.31. The Kier molecular flexibility index (Phi) is 6.80. The van der Waals surface area contributed by atoms with Crippen LogP contribution in [-0.2, 0) is 17.9 Å². The molecule has 38 heavy (non-hydrogen) atoms. The molecule has 2 heterocycles. The van der Waals surface area contributed by atoms with Gasteiger partial charge >= 0.3 is 0 Å². The highest BCUT2D eigenvalue weighted by Crippen LogP contribution is 2.34. The topological polar surface area (TPSA) is 71.4 Å². The van der Waals surface area contributed by atoms with E-state index in [9.17, 15) is 9.18 Å². The highest BCUT2D eigenvalue weighted by molar-refractivity contribution is 5.89. The van der Waals surface area contributed by atoms with Crippen LogP contribution >= 0.6 is 0 Å². The van der Waals surface area contributed by atoms with Crippen LogP contribution in [0.15, 0.2) is 72.8 Å². The Balaban J connectivity index is 1.42. The van der Waals surface area contributed by atoms with Gasteiger partial charge in [-0.05, 0) is 81.4 Å². The summed E-state index contributed by atoms with van der Waals surface area (Å²) in [5, 5.41) is 6.87. The molecule has 0 radical (unpaired) electrons. The molecule has 2 N–H and O–H groups in total. The molecule has 1 aromatic heterocycles. The minimum atomic E-state index is -0.827. The van der Waals surface area contributed by atoms with Crippen LogP contribution in [0.3, 0.4) is 0 Å². The number of aryl methyl sites for hydroxylation is 1. The summed E-state index contributed by atoms with van der Waals surface area (Å²) in [6, 6.07) is 22.0. The van der Waals surface area contributed by atoms with E-state index in [1.54, 1.807) is 19.2 Å². The quantitative estimate of drug-likeness (QED) is 0.318. The number of anilines is 3. The standard InChI is InChI=1S/C30H32FN5O2/c1-20-5-11-23(12-6-20)32-28-27(21-7-9-22(31)10-8-21)33-26-19-35(17-18-36(26)28)29(37)30(2,3)34-24-13-15-25(38-4)16-14-24/h5-16,32,34H,17-19H2,1-4H3. The highest BCUT2D eigenvalue weighted by Gasteiger charge is 2.35. The zero-order valence-corrected chi connectivity index (χ0v) is 22.1. The summed E-state index contributed by atoms with van der Waals surface area (Å²) < 4.78 is 21.0. The molecular formula is C30H32FN5O2. The van der Waals surface area contributed by atoms with Gasteiger partial charge in [-0.2, -0.15) is 0 Å². The third-order valence-electron chi connectivity index (χ3n) is 6.77. The average molecular weight is 514 g/mol. The molecule has 196 valence electrons. The summed E-state index contributed by atoms with van der Waals surface area (Å²) >= 11 is 0. The van der Waals surface area contributed by atoms with Crippen molar-refractivity contribution in [3.05, 3.63) is 90.0 Å². The number of ether oxygens (including phenoxy) is 1. The van der Waals surface area contributed by atoms with Crippen LogP contribution in [0.4, 0.5) is 21.6 Å². The molecule has 1 aliphatic heterocycles. The first-order chi connectivity index (χ1) is 18.2. The van der Waals surface area contributed by atoms with Gasteiger partial charge in [0.05, 0.1) is 13.7 Å². The fraction of sp³-hybridized carbons (Fsp3) is 0.267. The zero-order chi connectivity index (χ0) is 26.9. The lowest BCUT2D eigenvalue weighted by molar-refractivity contribution is -0.136. The Labute approximate surface area is 222 Å². The largest absolute Gasteiger partial charge is 0.497 e. The average Bonchev–Trinajstić information content (AvgIpc) is 3.27. The number of benzene rings is 3. The molecule has 0 saturated heterocycles. The van der Waals surface area contributed by atoms with Crippen LogP contribution in [0.1, 0.15) is 25.2 Å². The van der Waals surface area contributed by atoms with Crippen molar-refractivity contribution >= 4 is 23.1 Å². The number of imidazole rings is 1. The first kappa shape index (κ1) is 25.3. The molecule has 7 nitrogen and oxygen atoms in total. The van der Waals surface area contributed by atoms with Crippen molar-refractivity contribution in [3.63, 3.8) is 0 Å². The first-order valence-electron chi connectivity index (χ1n) is 12.6. The molecule has 1 amide bonds. The third-order valence-corrected chi connectivity index (χ3v) is 6.77. The van der Waals surface area contributed by atoms with Crippen LogP contribution in [0, 0.1) is 12.7 Å². The molecule has 1 aliphatic rings. The maximum atomic E-state index is 13.7. The number of rotatable bonds is 7. The lowest BCUT2D eigenvalue weighted by atomic mass is 10.0. The highest BCUT2D eigenvalue weighted by atomic mass is 19.1. The molecule has 4 aromatic rings. The van der Waals surface area contributed by atoms with Gasteiger partial charge in [0.25, 0.3) is 0 Å². The summed E-state index contributed by atoms with van der Waals surface area (Å²) in [4.78, 5) is 20.4. The van der Waals surface area contributed by atoms with Crippen molar-refractivity contribution in [2.75, 3.05) is 24.3 Å². The van der Waals surface area contributed by atoms with E-state index in [-0.39, 0.29) is 11.7 Å². The molecule has 0 spiro atoms. The number of halogens is 1. The van der Waals surface area contributed by atoms with E-state index in [4.69, 9.17) is 9.72 Å². The molecule has 5 rings (SSSR count). The number of hydrogen-bond acceptors (Lipinski definition) is 5. The minimum absolute atomic E-state index is 0.0149. The fourth-order valence-corrected chi connectivity index (χ4v) is 4.70. The van der Waals surface area contributed by atoms with Crippen LogP contribution in [0.25, 0.3) is 11.3 Å². The molecule has 0 aliphatic carbocycles.